The van der Waals surface area contributed by atoms with E-state index in [4.69, 9.17) is 9.47 Å². The molecule has 1 fully saturated rings. The van der Waals surface area contributed by atoms with Gasteiger partial charge in [-0.3, -0.25) is 4.79 Å². The largest absolute Gasteiger partial charge is 0.454 e. The molecule has 1 aliphatic heterocycles. The maximum atomic E-state index is 13.2. The van der Waals surface area contributed by atoms with Crippen LogP contribution >= 0.6 is 0 Å². The molecule has 138 valence electrons. The molecule has 0 amide bonds. The van der Waals surface area contributed by atoms with Crippen LogP contribution in [-0.2, 0) is 16.0 Å². The number of rotatable bonds is 6. The summed E-state index contributed by atoms with van der Waals surface area (Å²) in [7, 11) is 0. The van der Waals surface area contributed by atoms with Crippen LogP contribution < -0.4 is 0 Å². The van der Waals surface area contributed by atoms with Crippen molar-refractivity contribution >= 4 is 11.8 Å². The van der Waals surface area contributed by atoms with Crippen molar-refractivity contribution in [3.63, 3.8) is 0 Å². The van der Waals surface area contributed by atoms with Crippen LogP contribution in [0.1, 0.15) is 44.9 Å². The molecular formula is C20H22FNO4. The van der Waals surface area contributed by atoms with Crippen molar-refractivity contribution < 1.29 is 23.5 Å². The summed E-state index contributed by atoms with van der Waals surface area (Å²) in [6, 6.07) is 7.00. The van der Waals surface area contributed by atoms with E-state index in [-0.39, 0.29) is 24.1 Å². The molecule has 6 heteroatoms. The Morgan fingerprint density at radius 2 is 2.12 bits per heavy atom. The number of esters is 1. The third kappa shape index (κ3) is 4.02. The molecule has 1 aromatic heterocycles. The van der Waals surface area contributed by atoms with E-state index in [0.717, 1.165) is 36.9 Å². The van der Waals surface area contributed by atoms with Gasteiger partial charge in [0.1, 0.15) is 5.82 Å². The summed E-state index contributed by atoms with van der Waals surface area (Å²) >= 11 is 0. The minimum absolute atomic E-state index is 0.0849. The molecule has 0 bridgehead atoms. The first-order valence-electron chi connectivity index (χ1n) is 8.70. The molecule has 1 atom stereocenters. The molecule has 0 saturated carbocycles. The van der Waals surface area contributed by atoms with Gasteiger partial charge in [-0.25, -0.2) is 9.18 Å². The highest BCUT2D eigenvalue weighted by molar-refractivity contribution is 6.00. The van der Waals surface area contributed by atoms with Gasteiger partial charge in [-0.05, 0) is 51.0 Å². The summed E-state index contributed by atoms with van der Waals surface area (Å²) in [4.78, 5) is 24.4. The Labute approximate surface area is 151 Å². The van der Waals surface area contributed by atoms with E-state index in [2.05, 4.69) is 4.57 Å². The van der Waals surface area contributed by atoms with E-state index in [9.17, 15) is 14.0 Å². The van der Waals surface area contributed by atoms with Crippen molar-refractivity contribution in [2.45, 2.75) is 39.3 Å². The van der Waals surface area contributed by atoms with E-state index in [1.54, 1.807) is 0 Å². The Hall–Kier alpha value is -2.47. The molecule has 1 aliphatic rings. The molecule has 0 aliphatic carbocycles. The molecule has 0 radical (unpaired) electrons. The highest BCUT2D eigenvalue weighted by atomic mass is 19.1. The predicted molar refractivity (Wildman–Crippen MR) is 93.9 cm³/mol. The fourth-order valence-corrected chi connectivity index (χ4v) is 3.26. The second-order valence-electron chi connectivity index (χ2n) is 6.54. The van der Waals surface area contributed by atoms with Crippen molar-refractivity contribution in [1.82, 2.24) is 4.57 Å². The van der Waals surface area contributed by atoms with Gasteiger partial charge in [-0.2, -0.15) is 0 Å². The van der Waals surface area contributed by atoms with Crippen molar-refractivity contribution in [3.8, 4) is 0 Å². The van der Waals surface area contributed by atoms with Gasteiger partial charge in [0.05, 0.1) is 11.7 Å². The third-order valence-corrected chi connectivity index (χ3v) is 4.68. The monoisotopic (exact) mass is 359 g/mol. The lowest BCUT2D eigenvalue weighted by Gasteiger charge is -2.14. The van der Waals surface area contributed by atoms with E-state index in [0.29, 0.717) is 12.1 Å². The zero-order valence-electron chi connectivity index (χ0n) is 15.0. The summed E-state index contributed by atoms with van der Waals surface area (Å²) in [5, 5.41) is 0. The number of hydrogen-bond donors (Lipinski definition) is 0. The Bertz CT molecular complexity index is 821. The summed E-state index contributed by atoms with van der Waals surface area (Å²) in [5.74, 6) is -1.52. The van der Waals surface area contributed by atoms with Crippen LogP contribution in [0.4, 0.5) is 4.39 Å². The number of carbonyl (C=O) groups excluding carboxylic acids is 2. The first kappa shape index (κ1) is 18.3. The number of halogens is 1. The van der Waals surface area contributed by atoms with Crippen molar-refractivity contribution in [1.29, 1.82) is 0 Å². The maximum absolute atomic E-state index is 13.2. The van der Waals surface area contributed by atoms with Crippen molar-refractivity contribution in [2.24, 2.45) is 0 Å². The summed E-state index contributed by atoms with van der Waals surface area (Å²) in [5.41, 5.74) is 2.43. The minimum Gasteiger partial charge on any atom is -0.454 e. The van der Waals surface area contributed by atoms with Gasteiger partial charge >= 0.3 is 5.97 Å². The van der Waals surface area contributed by atoms with Crippen LogP contribution in [0.3, 0.4) is 0 Å². The van der Waals surface area contributed by atoms with Gasteiger partial charge < -0.3 is 14.0 Å². The smallest absolute Gasteiger partial charge is 0.338 e. The van der Waals surface area contributed by atoms with Crippen molar-refractivity contribution in [3.05, 3.63) is 58.7 Å². The molecule has 5 nitrogen and oxygen atoms in total. The summed E-state index contributed by atoms with van der Waals surface area (Å²) < 4.78 is 26.0. The number of hydrogen-bond acceptors (Lipinski definition) is 4. The minimum atomic E-state index is -0.717. The van der Waals surface area contributed by atoms with Gasteiger partial charge in [0.2, 0.25) is 5.78 Å². The van der Waals surface area contributed by atoms with Gasteiger partial charge in [-0.1, -0.05) is 6.07 Å². The zero-order valence-corrected chi connectivity index (χ0v) is 15.0. The Balaban J connectivity index is 1.65. The van der Waals surface area contributed by atoms with Crippen LogP contribution in [0.2, 0.25) is 0 Å². The molecule has 0 spiro atoms. The van der Waals surface area contributed by atoms with Gasteiger partial charge in [-0.15, -0.1) is 0 Å². The molecule has 1 aromatic carbocycles. The second kappa shape index (κ2) is 7.83. The van der Waals surface area contributed by atoms with Gasteiger partial charge in [0.25, 0.3) is 0 Å². The SMILES string of the molecule is Cc1cc(C(=O)COC(=O)c2cccc(F)c2)c(C)n1C[C@H]1CCCO1. The molecule has 2 heterocycles. The fourth-order valence-electron chi connectivity index (χ4n) is 3.26. The molecule has 2 aromatic rings. The fraction of sp³-hybridized carbons (Fsp3) is 0.400. The number of carbonyl (C=O) groups is 2. The molecular weight excluding hydrogens is 337 g/mol. The Kier molecular flexibility index (Phi) is 5.52. The molecule has 3 rings (SSSR count). The molecule has 0 unspecified atom stereocenters. The molecule has 1 saturated heterocycles. The standard InChI is InChI=1S/C20H22FNO4/c1-13-9-18(14(2)22(13)11-17-7-4-8-25-17)19(23)12-26-20(24)15-5-3-6-16(21)10-15/h3,5-6,9-10,17H,4,7-8,11-12H2,1-2H3/t17-/m1/s1. The third-order valence-electron chi connectivity index (χ3n) is 4.68. The van der Waals surface area contributed by atoms with Crippen LogP contribution in [0.5, 0.6) is 0 Å². The number of nitrogens with zero attached hydrogens (tertiary/aromatic N) is 1. The van der Waals surface area contributed by atoms with Crippen LogP contribution in [-0.4, -0.2) is 35.6 Å². The number of ether oxygens (including phenoxy) is 2. The lowest BCUT2D eigenvalue weighted by Crippen LogP contribution is -2.18. The normalized spacial score (nSPS) is 16.7. The van der Waals surface area contributed by atoms with Gasteiger partial charge in [0.15, 0.2) is 6.61 Å². The first-order valence-corrected chi connectivity index (χ1v) is 8.70. The van der Waals surface area contributed by atoms with Crippen LogP contribution in [0.15, 0.2) is 30.3 Å². The van der Waals surface area contributed by atoms with E-state index in [1.807, 2.05) is 19.9 Å². The summed E-state index contributed by atoms with van der Waals surface area (Å²) in [6.45, 7) is 4.94. The highest BCUT2D eigenvalue weighted by Gasteiger charge is 2.22. The van der Waals surface area contributed by atoms with Crippen LogP contribution in [0, 0.1) is 19.7 Å². The van der Waals surface area contributed by atoms with E-state index >= 15 is 0 Å². The topological polar surface area (TPSA) is 57.5 Å². The second-order valence-corrected chi connectivity index (χ2v) is 6.54. The number of aromatic nitrogens is 1. The summed E-state index contributed by atoms with van der Waals surface area (Å²) in [6.07, 6.45) is 2.26. The zero-order chi connectivity index (χ0) is 18.7. The first-order chi connectivity index (χ1) is 12.5. The quantitative estimate of drug-likeness (QED) is 0.585. The lowest BCUT2D eigenvalue weighted by atomic mass is 10.1. The highest BCUT2D eigenvalue weighted by Crippen LogP contribution is 2.21. The predicted octanol–water partition coefficient (Wildman–Crippen LogP) is 3.46. The van der Waals surface area contributed by atoms with E-state index in [1.165, 1.54) is 18.2 Å². The number of Topliss-reactive ketones (excluding diaryl/α,β-unsaturated/α-hetero) is 1. The maximum Gasteiger partial charge on any atom is 0.338 e. The van der Waals surface area contributed by atoms with Crippen molar-refractivity contribution in [2.75, 3.05) is 13.2 Å². The number of aryl methyl sites for hydroxylation is 1. The molecule has 0 N–H and O–H groups in total. The van der Waals surface area contributed by atoms with E-state index < -0.39 is 11.8 Å². The number of benzene rings is 1. The average molecular weight is 359 g/mol. The Morgan fingerprint density at radius 1 is 1.31 bits per heavy atom. The number of ketones is 1. The average Bonchev–Trinajstić information content (AvgIpc) is 3.23. The lowest BCUT2D eigenvalue weighted by molar-refractivity contribution is 0.0474. The Morgan fingerprint density at radius 3 is 2.81 bits per heavy atom. The van der Waals surface area contributed by atoms with Gasteiger partial charge in [0, 0.05) is 30.1 Å². The van der Waals surface area contributed by atoms with Crippen LogP contribution in [0.25, 0.3) is 0 Å². The molecule has 26 heavy (non-hydrogen) atoms.